The number of nitrogens with one attached hydrogen (secondary N) is 3. The summed E-state index contributed by atoms with van der Waals surface area (Å²) < 4.78 is 18.2. The highest BCUT2D eigenvalue weighted by Gasteiger charge is 2.44. The molecule has 7 aromatic rings. The van der Waals surface area contributed by atoms with E-state index in [4.69, 9.17) is 19.2 Å². The molecule has 0 radical (unpaired) electrons. The van der Waals surface area contributed by atoms with Crippen LogP contribution in [-0.2, 0) is 32.0 Å². The summed E-state index contributed by atoms with van der Waals surface area (Å²) in [6.07, 6.45) is -0.162. The second-order valence-electron chi connectivity index (χ2n) is 20.1. The number of para-hydroxylation sites is 1. The van der Waals surface area contributed by atoms with Gasteiger partial charge in [-0.15, -0.1) is 11.3 Å². The van der Waals surface area contributed by atoms with Crippen molar-refractivity contribution in [1.82, 2.24) is 25.5 Å². The number of rotatable bonds is 17. The smallest absolute Gasteiger partial charge is 0.246 e. The van der Waals surface area contributed by atoms with Gasteiger partial charge in [-0.1, -0.05) is 112 Å². The number of carbonyl (C=O) groups is 4. The van der Waals surface area contributed by atoms with Gasteiger partial charge in [-0.25, -0.2) is 9.97 Å². The SMILES string of the molecule is COc1ccc(-c2cc(-c3ccccc3)nc3c2CC(=O)Nc2ccccc2-3)cc1OCCc1cccc(OCCC(=O)N[C@H](C(=O)N2C[C@H](O)C[C@H]2C(=O)N[C@@H](C)c2ccc(-c3scnc3C)cc2)C(C)(C)C)c1. The molecule has 4 amide bonds. The summed E-state index contributed by atoms with van der Waals surface area (Å²) in [4.78, 5) is 66.8. The summed E-state index contributed by atoms with van der Waals surface area (Å²) in [6.45, 7) is 9.75. The molecule has 0 unspecified atom stereocenters. The molecule has 4 N–H and O–H groups in total. The van der Waals surface area contributed by atoms with Crippen LogP contribution in [0.4, 0.5) is 5.69 Å². The molecule has 1 saturated heterocycles. The molecule has 0 spiro atoms. The number of ether oxygens (including phenoxy) is 3. The third kappa shape index (κ3) is 12.1. The summed E-state index contributed by atoms with van der Waals surface area (Å²) >= 11 is 1.57. The fourth-order valence-electron chi connectivity index (χ4n) is 9.68. The molecule has 2 aliphatic heterocycles. The Morgan fingerprint density at radius 2 is 1.60 bits per heavy atom. The topological polar surface area (TPSA) is 181 Å². The Balaban J connectivity index is 0.812. The van der Waals surface area contributed by atoms with Crippen LogP contribution in [0.5, 0.6) is 17.2 Å². The predicted molar refractivity (Wildman–Crippen MR) is 292 cm³/mol. The van der Waals surface area contributed by atoms with Crippen LogP contribution in [-0.4, -0.2) is 88.7 Å². The van der Waals surface area contributed by atoms with Crippen LogP contribution in [0.1, 0.15) is 69.0 Å². The number of aliphatic hydroxyl groups excluding tert-OH is 1. The van der Waals surface area contributed by atoms with Crippen LogP contribution < -0.4 is 30.2 Å². The van der Waals surface area contributed by atoms with Gasteiger partial charge in [0.2, 0.25) is 23.6 Å². The molecule has 0 saturated carbocycles. The number of pyridine rings is 1. The van der Waals surface area contributed by atoms with E-state index in [1.165, 1.54) is 4.90 Å². The van der Waals surface area contributed by atoms with Gasteiger partial charge in [-0.05, 0) is 89.0 Å². The number of carbonyl (C=O) groups excluding carboxylic acids is 4. The Morgan fingerprint density at radius 3 is 2.35 bits per heavy atom. The zero-order chi connectivity index (χ0) is 52.8. The third-order valence-corrected chi connectivity index (χ3v) is 14.6. The number of β-amino-alcohol motifs (C(OH)–C–C–N with tert-alkyl or cyclic N) is 1. The van der Waals surface area contributed by atoms with E-state index in [-0.39, 0.29) is 56.2 Å². The van der Waals surface area contributed by atoms with Crippen molar-refractivity contribution in [3.05, 3.63) is 155 Å². The fourth-order valence-corrected chi connectivity index (χ4v) is 10.5. The number of aromatic nitrogens is 2. The van der Waals surface area contributed by atoms with Crippen LogP contribution in [0.3, 0.4) is 0 Å². The second kappa shape index (κ2) is 22.7. The van der Waals surface area contributed by atoms with Crippen molar-refractivity contribution in [3.8, 4) is 61.3 Å². The molecule has 4 heterocycles. The van der Waals surface area contributed by atoms with Crippen molar-refractivity contribution >= 4 is 40.7 Å². The number of hydrogen-bond donors (Lipinski definition) is 4. The fraction of sp³-hybridized carbons (Fsp3) is 0.300. The number of thiazole rings is 1. The lowest BCUT2D eigenvalue weighted by Gasteiger charge is -2.35. The van der Waals surface area contributed by atoms with Gasteiger partial charge >= 0.3 is 0 Å². The molecular formula is C60H62N6O8S. The number of fused-ring (bicyclic) bond motifs is 3. The van der Waals surface area contributed by atoms with Gasteiger partial charge in [-0.2, -0.15) is 0 Å². The summed E-state index contributed by atoms with van der Waals surface area (Å²) in [5.41, 5.74) is 11.5. The second-order valence-corrected chi connectivity index (χ2v) is 21.0. The van der Waals surface area contributed by atoms with Gasteiger partial charge in [0.25, 0.3) is 0 Å². The van der Waals surface area contributed by atoms with E-state index in [1.54, 1.807) is 18.4 Å². The summed E-state index contributed by atoms with van der Waals surface area (Å²) in [5.74, 6) is 0.353. The largest absolute Gasteiger partial charge is 0.493 e. The van der Waals surface area contributed by atoms with E-state index < -0.39 is 29.5 Å². The lowest BCUT2D eigenvalue weighted by Crippen LogP contribution is -2.58. The van der Waals surface area contributed by atoms with Crippen molar-refractivity contribution in [3.63, 3.8) is 0 Å². The van der Waals surface area contributed by atoms with Crippen molar-refractivity contribution in [1.29, 1.82) is 0 Å². The molecule has 4 atom stereocenters. The minimum absolute atomic E-state index is 0.0265. The Kier molecular flexibility index (Phi) is 15.7. The highest BCUT2D eigenvalue weighted by molar-refractivity contribution is 7.13. The number of amides is 4. The molecule has 2 aromatic heterocycles. The molecule has 0 bridgehead atoms. The molecule has 75 heavy (non-hydrogen) atoms. The van der Waals surface area contributed by atoms with E-state index in [1.807, 2.05) is 168 Å². The number of aliphatic hydroxyl groups is 1. The molecule has 1 fully saturated rings. The lowest BCUT2D eigenvalue weighted by molar-refractivity contribution is -0.144. The first-order chi connectivity index (χ1) is 36.1. The first kappa shape index (κ1) is 52.0. The maximum Gasteiger partial charge on any atom is 0.246 e. The highest BCUT2D eigenvalue weighted by Crippen LogP contribution is 2.42. The van der Waals surface area contributed by atoms with Crippen LogP contribution >= 0.6 is 11.3 Å². The third-order valence-electron chi connectivity index (χ3n) is 13.7. The van der Waals surface area contributed by atoms with Crippen LogP contribution in [0, 0.1) is 12.3 Å². The molecule has 2 aliphatic rings. The Morgan fingerprint density at radius 1 is 0.840 bits per heavy atom. The number of anilines is 1. The monoisotopic (exact) mass is 1030 g/mol. The standard InChI is InChI=1S/C60H62N6O8S/c1-36(39-19-21-41(22-20-39)56-37(2)61-35-75-56)62-58(70)50-31-43(67)34-66(50)59(71)57(60(3,4)5)65-53(68)26-28-73-44-16-12-13-38(29-44)25-27-74-52-30-42(23-24-51(52)72-6)46-32-49(40-14-8-7-9-15-40)64-55-45-17-10-11-18-48(45)63-54(69)33-47(46)55/h7-24,29-30,32,35-36,43,50,57,67H,25-28,31,33-34H2,1-6H3,(H,62,70)(H,63,69)(H,65,68)/t36-,43+,50-,57+/m0/s1. The molecule has 386 valence electrons. The maximum absolute atomic E-state index is 14.3. The minimum Gasteiger partial charge on any atom is -0.493 e. The highest BCUT2D eigenvalue weighted by atomic mass is 32.1. The van der Waals surface area contributed by atoms with Crippen molar-refractivity contribution < 1.29 is 38.5 Å². The van der Waals surface area contributed by atoms with Gasteiger partial charge < -0.3 is 40.2 Å². The first-order valence-electron chi connectivity index (χ1n) is 25.2. The zero-order valence-electron chi connectivity index (χ0n) is 43.0. The van der Waals surface area contributed by atoms with E-state index in [0.29, 0.717) is 36.0 Å². The summed E-state index contributed by atoms with van der Waals surface area (Å²) in [7, 11) is 1.60. The number of nitrogens with zero attached hydrogens (tertiary/aromatic N) is 3. The van der Waals surface area contributed by atoms with Gasteiger partial charge in [0.05, 0.1) is 78.5 Å². The number of likely N-dealkylation sites (tertiary alicyclic amines) is 1. The van der Waals surface area contributed by atoms with Gasteiger partial charge in [-0.3, -0.25) is 19.2 Å². The Bertz CT molecular complexity index is 3210. The summed E-state index contributed by atoms with van der Waals surface area (Å²) in [5, 5.41) is 19.8. The number of methoxy groups -OCH3 is 1. The van der Waals surface area contributed by atoms with E-state index in [0.717, 1.165) is 66.5 Å². The maximum atomic E-state index is 14.3. The van der Waals surface area contributed by atoms with Gasteiger partial charge in [0.1, 0.15) is 17.8 Å². The van der Waals surface area contributed by atoms with Crippen molar-refractivity contribution in [2.24, 2.45) is 5.41 Å². The minimum atomic E-state index is -0.973. The Labute approximate surface area is 441 Å². The zero-order valence-corrected chi connectivity index (χ0v) is 43.8. The first-order valence-corrected chi connectivity index (χ1v) is 26.1. The van der Waals surface area contributed by atoms with E-state index in [2.05, 4.69) is 20.9 Å². The number of hydrogen-bond acceptors (Lipinski definition) is 11. The number of benzene rings is 5. The molecule has 15 heteroatoms. The van der Waals surface area contributed by atoms with Gasteiger partial charge in [0.15, 0.2) is 11.5 Å². The van der Waals surface area contributed by atoms with E-state index in [9.17, 15) is 24.3 Å². The van der Waals surface area contributed by atoms with Crippen LogP contribution in [0.2, 0.25) is 0 Å². The van der Waals surface area contributed by atoms with Crippen LogP contribution in [0.15, 0.2) is 133 Å². The van der Waals surface area contributed by atoms with Gasteiger partial charge in [0, 0.05) is 30.5 Å². The van der Waals surface area contributed by atoms with Crippen molar-refractivity contribution in [2.45, 2.75) is 84.5 Å². The quantitative estimate of drug-likeness (QED) is 0.0686. The molecule has 5 aromatic carbocycles. The molecule has 14 nitrogen and oxygen atoms in total. The average Bonchev–Trinajstić information content (AvgIpc) is 3.99. The summed E-state index contributed by atoms with van der Waals surface area (Å²) in [6, 6.07) is 38.8. The van der Waals surface area contributed by atoms with Crippen LogP contribution in [0.25, 0.3) is 44.1 Å². The predicted octanol–water partition coefficient (Wildman–Crippen LogP) is 9.78. The van der Waals surface area contributed by atoms with E-state index >= 15 is 0 Å². The lowest BCUT2D eigenvalue weighted by atomic mass is 9.85. The Hall–Kier alpha value is -7.88. The normalized spacial score (nSPS) is 15.9. The molecule has 9 rings (SSSR count). The molecule has 0 aliphatic carbocycles. The molecular weight excluding hydrogens is 965 g/mol. The average molecular weight is 1030 g/mol. The van der Waals surface area contributed by atoms with Crippen molar-refractivity contribution in [2.75, 3.05) is 32.2 Å². The number of aryl methyl sites for hydroxylation is 1.